The zero-order chi connectivity index (χ0) is 23.4. The lowest BCUT2D eigenvalue weighted by atomic mass is 10.0. The molecular weight excluding hydrogens is 444 g/mol. The van der Waals surface area contributed by atoms with Gasteiger partial charge in [-0.25, -0.2) is 0 Å². The summed E-state index contributed by atoms with van der Waals surface area (Å²) >= 11 is 6.23. The van der Waals surface area contributed by atoms with Gasteiger partial charge in [0.1, 0.15) is 11.4 Å². The molecule has 2 heterocycles. The number of ether oxygens (including phenoxy) is 1. The Hall–Kier alpha value is -3.91. The van der Waals surface area contributed by atoms with Gasteiger partial charge < -0.3 is 15.0 Å². The molecule has 0 atom stereocenters. The molecule has 4 rings (SSSR count). The molecular formula is C24H21ClN4O4. The second kappa shape index (κ2) is 9.70. The first kappa shape index (κ1) is 22.3. The first-order valence-electron chi connectivity index (χ1n) is 10.3. The fourth-order valence-corrected chi connectivity index (χ4v) is 3.91. The monoisotopic (exact) mass is 464 g/mol. The van der Waals surface area contributed by atoms with Crippen molar-refractivity contribution >= 4 is 39.8 Å². The molecule has 2 aromatic carbocycles. The average Bonchev–Trinajstić information content (AvgIpc) is 3.17. The van der Waals surface area contributed by atoms with E-state index in [1.54, 1.807) is 12.3 Å². The number of halogens is 1. The number of H-pyrrole nitrogens is 1. The van der Waals surface area contributed by atoms with Crippen LogP contribution >= 0.6 is 11.6 Å². The summed E-state index contributed by atoms with van der Waals surface area (Å²) in [5.41, 5.74) is 3.57. The first-order valence-corrected chi connectivity index (χ1v) is 10.7. The van der Waals surface area contributed by atoms with E-state index in [2.05, 4.69) is 15.3 Å². The average molecular weight is 465 g/mol. The molecule has 9 heteroatoms. The number of carbonyl (C=O) groups excluding carboxylic acids is 1. The molecule has 2 aromatic heterocycles. The van der Waals surface area contributed by atoms with Gasteiger partial charge >= 0.3 is 0 Å². The number of aryl methyl sites for hydroxylation is 1. The van der Waals surface area contributed by atoms with Gasteiger partial charge in [-0.1, -0.05) is 17.7 Å². The van der Waals surface area contributed by atoms with Gasteiger partial charge in [-0.3, -0.25) is 19.9 Å². The molecule has 0 radical (unpaired) electrons. The SMILES string of the molecule is COc1ccc(NC(=O)CCCc2c(-c3ccccn3)[nH]c3ccc(Cl)cc23)c([N+](=O)[O-])c1. The minimum Gasteiger partial charge on any atom is -0.496 e. The summed E-state index contributed by atoms with van der Waals surface area (Å²) in [6.45, 7) is 0. The number of anilines is 1. The van der Waals surface area contributed by atoms with E-state index in [0.29, 0.717) is 23.6 Å². The number of hydrogen-bond acceptors (Lipinski definition) is 5. The molecule has 2 N–H and O–H groups in total. The summed E-state index contributed by atoms with van der Waals surface area (Å²) in [6.07, 6.45) is 3.06. The maximum absolute atomic E-state index is 12.5. The van der Waals surface area contributed by atoms with Crippen molar-refractivity contribution < 1.29 is 14.5 Å². The Bertz CT molecular complexity index is 1320. The Morgan fingerprint density at radius 2 is 2.06 bits per heavy atom. The number of carbonyl (C=O) groups is 1. The van der Waals surface area contributed by atoms with Crippen LogP contribution in [0.2, 0.25) is 5.02 Å². The Kier molecular flexibility index (Phi) is 6.55. The number of amides is 1. The number of nitrogens with zero attached hydrogens (tertiary/aromatic N) is 2. The third-order valence-corrected chi connectivity index (χ3v) is 5.53. The standard InChI is InChI=1S/C24H21ClN4O4/c1-33-16-9-11-20(22(14-16)29(31)32)27-23(30)7-4-5-17-18-13-15(25)8-10-19(18)28-24(17)21-6-2-3-12-26-21/h2-3,6,8-14,28H,4-5,7H2,1H3,(H,27,30). The maximum atomic E-state index is 12.5. The molecule has 0 aliphatic rings. The quantitative estimate of drug-likeness (QED) is 0.254. The normalized spacial score (nSPS) is 10.8. The van der Waals surface area contributed by atoms with Crippen LogP contribution in [0.15, 0.2) is 60.8 Å². The van der Waals surface area contributed by atoms with Crippen LogP contribution in [0.4, 0.5) is 11.4 Å². The van der Waals surface area contributed by atoms with Gasteiger partial charge in [0.05, 0.1) is 29.5 Å². The van der Waals surface area contributed by atoms with Crippen LogP contribution in [-0.4, -0.2) is 27.9 Å². The van der Waals surface area contributed by atoms with Crippen LogP contribution in [0.1, 0.15) is 18.4 Å². The Morgan fingerprint density at radius 1 is 1.21 bits per heavy atom. The maximum Gasteiger partial charge on any atom is 0.296 e. The fraction of sp³-hybridized carbons (Fsp3) is 0.167. The van der Waals surface area contributed by atoms with Gasteiger partial charge in [0, 0.05) is 28.5 Å². The summed E-state index contributed by atoms with van der Waals surface area (Å²) < 4.78 is 5.03. The number of aromatic nitrogens is 2. The Balaban J connectivity index is 1.51. The summed E-state index contributed by atoms with van der Waals surface area (Å²) in [5.74, 6) is 0.0419. The van der Waals surface area contributed by atoms with E-state index in [1.807, 2.05) is 36.4 Å². The number of benzene rings is 2. The molecule has 4 aromatic rings. The van der Waals surface area contributed by atoms with Crippen LogP contribution in [0, 0.1) is 10.1 Å². The third-order valence-electron chi connectivity index (χ3n) is 5.30. The highest BCUT2D eigenvalue weighted by atomic mass is 35.5. The zero-order valence-corrected chi connectivity index (χ0v) is 18.6. The molecule has 168 valence electrons. The molecule has 0 fully saturated rings. The number of nitro groups is 1. The van der Waals surface area contributed by atoms with E-state index in [9.17, 15) is 14.9 Å². The number of nitro benzene ring substituents is 1. The van der Waals surface area contributed by atoms with Gasteiger partial charge in [-0.2, -0.15) is 0 Å². The largest absolute Gasteiger partial charge is 0.496 e. The molecule has 8 nitrogen and oxygen atoms in total. The number of hydrogen-bond donors (Lipinski definition) is 2. The van der Waals surface area contributed by atoms with Crippen molar-refractivity contribution in [1.29, 1.82) is 0 Å². The highest BCUT2D eigenvalue weighted by molar-refractivity contribution is 6.31. The van der Waals surface area contributed by atoms with Crippen LogP contribution in [0.3, 0.4) is 0 Å². The number of fused-ring (bicyclic) bond motifs is 1. The van der Waals surface area contributed by atoms with Crippen molar-refractivity contribution in [3.8, 4) is 17.1 Å². The van der Waals surface area contributed by atoms with Gasteiger partial charge in [-0.05, 0) is 60.9 Å². The second-order valence-corrected chi connectivity index (χ2v) is 7.86. The van der Waals surface area contributed by atoms with Crippen LogP contribution < -0.4 is 10.1 Å². The molecule has 0 aliphatic carbocycles. The lowest BCUT2D eigenvalue weighted by Gasteiger charge is -2.08. The Morgan fingerprint density at radius 3 is 2.79 bits per heavy atom. The molecule has 0 spiro atoms. The summed E-state index contributed by atoms with van der Waals surface area (Å²) in [5, 5.41) is 15.6. The molecule has 0 aliphatic heterocycles. The van der Waals surface area contributed by atoms with Gasteiger partial charge in [0.2, 0.25) is 5.91 Å². The number of rotatable bonds is 8. The molecule has 1 amide bonds. The van der Waals surface area contributed by atoms with Crippen molar-refractivity contribution in [3.05, 3.63) is 81.5 Å². The van der Waals surface area contributed by atoms with E-state index >= 15 is 0 Å². The number of nitrogens with one attached hydrogen (secondary N) is 2. The summed E-state index contributed by atoms with van der Waals surface area (Å²) in [6, 6.07) is 15.6. The minimum atomic E-state index is -0.549. The fourth-order valence-electron chi connectivity index (χ4n) is 3.74. The van der Waals surface area contributed by atoms with Crippen molar-refractivity contribution in [1.82, 2.24) is 9.97 Å². The topological polar surface area (TPSA) is 110 Å². The highest BCUT2D eigenvalue weighted by Crippen LogP contribution is 2.33. The first-order chi connectivity index (χ1) is 16.0. The van der Waals surface area contributed by atoms with Crippen molar-refractivity contribution in [2.24, 2.45) is 0 Å². The summed E-state index contributed by atoms with van der Waals surface area (Å²) in [4.78, 5) is 31.2. The predicted molar refractivity (Wildman–Crippen MR) is 128 cm³/mol. The zero-order valence-electron chi connectivity index (χ0n) is 17.8. The van der Waals surface area contributed by atoms with E-state index in [0.717, 1.165) is 27.9 Å². The van der Waals surface area contributed by atoms with E-state index in [1.165, 1.54) is 19.2 Å². The van der Waals surface area contributed by atoms with Crippen molar-refractivity contribution in [3.63, 3.8) is 0 Å². The lowest BCUT2D eigenvalue weighted by molar-refractivity contribution is -0.384. The summed E-state index contributed by atoms with van der Waals surface area (Å²) in [7, 11) is 1.43. The smallest absolute Gasteiger partial charge is 0.296 e. The molecule has 0 saturated carbocycles. The Labute approximate surface area is 194 Å². The van der Waals surface area contributed by atoms with Crippen molar-refractivity contribution in [2.45, 2.75) is 19.3 Å². The van der Waals surface area contributed by atoms with Gasteiger partial charge in [0.25, 0.3) is 5.69 Å². The van der Waals surface area contributed by atoms with E-state index in [-0.39, 0.29) is 23.7 Å². The second-order valence-electron chi connectivity index (χ2n) is 7.43. The molecule has 33 heavy (non-hydrogen) atoms. The number of pyridine rings is 1. The van der Waals surface area contributed by atoms with Crippen LogP contribution in [-0.2, 0) is 11.2 Å². The van der Waals surface area contributed by atoms with E-state index < -0.39 is 4.92 Å². The lowest BCUT2D eigenvalue weighted by Crippen LogP contribution is -2.13. The third kappa shape index (κ3) is 4.96. The molecule has 0 unspecified atom stereocenters. The minimum absolute atomic E-state index is 0.138. The van der Waals surface area contributed by atoms with Crippen LogP contribution in [0.25, 0.3) is 22.3 Å². The molecule has 0 saturated heterocycles. The van der Waals surface area contributed by atoms with Gasteiger partial charge in [0.15, 0.2) is 0 Å². The van der Waals surface area contributed by atoms with Crippen molar-refractivity contribution in [2.75, 3.05) is 12.4 Å². The molecule has 0 bridgehead atoms. The predicted octanol–water partition coefficient (Wildman–Crippen LogP) is 5.76. The van der Waals surface area contributed by atoms with Crippen LogP contribution in [0.5, 0.6) is 5.75 Å². The van der Waals surface area contributed by atoms with Gasteiger partial charge in [-0.15, -0.1) is 0 Å². The highest BCUT2D eigenvalue weighted by Gasteiger charge is 2.18. The number of aromatic amines is 1. The van der Waals surface area contributed by atoms with E-state index in [4.69, 9.17) is 16.3 Å². The number of methoxy groups -OCH3 is 1.